The Balaban J connectivity index is 1.56. The van der Waals surface area contributed by atoms with Gasteiger partial charge in [0.25, 0.3) is 0 Å². The molecule has 0 bridgehead atoms. The van der Waals surface area contributed by atoms with Crippen LogP contribution < -0.4 is 0 Å². The standard InChI is InChI=1S/C22H26N4OS/c1-14-11-18-19(12-15(14)2)25-21(24-18)17-8-6-9-23-22(17)28-13-20(27)26-10-5-4-7-16(26)3/h6,8-9,11-12,16H,4-5,7,10,13H2,1-3H3,(H,24,25). The largest absolute Gasteiger partial charge is 0.339 e. The highest BCUT2D eigenvalue weighted by molar-refractivity contribution is 8.00. The van der Waals surface area contributed by atoms with Gasteiger partial charge in [0.2, 0.25) is 5.91 Å². The second-order valence-electron chi connectivity index (χ2n) is 7.62. The Morgan fingerprint density at radius 1 is 1.29 bits per heavy atom. The van der Waals surface area contributed by atoms with Crippen molar-refractivity contribution in [3.8, 4) is 11.4 Å². The van der Waals surface area contributed by atoms with Gasteiger partial charge < -0.3 is 9.88 Å². The van der Waals surface area contributed by atoms with Crippen LogP contribution in [0.2, 0.25) is 0 Å². The lowest BCUT2D eigenvalue weighted by molar-refractivity contribution is -0.131. The second kappa shape index (κ2) is 7.95. The van der Waals surface area contributed by atoms with E-state index in [1.165, 1.54) is 29.3 Å². The number of carbonyl (C=O) groups excluding carboxylic acids is 1. The summed E-state index contributed by atoms with van der Waals surface area (Å²) in [5, 5.41) is 0.841. The molecule has 0 saturated carbocycles. The predicted molar refractivity (Wildman–Crippen MR) is 115 cm³/mol. The first-order valence-corrected chi connectivity index (χ1v) is 10.9. The topological polar surface area (TPSA) is 61.9 Å². The van der Waals surface area contributed by atoms with Crippen molar-refractivity contribution in [2.45, 2.75) is 51.1 Å². The molecule has 1 aliphatic heterocycles. The highest BCUT2D eigenvalue weighted by atomic mass is 32.2. The quantitative estimate of drug-likeness (QED) is 0.650. The Bertz CT molecular complexity index is 974. The average molecular weight is 395 g/mol. The Morgan fingerprint density at radius 3 is 2.93 bits per heavy atom. The fourth-order valence-corrected chi connectivity index (χ4v) is 4.65. The number of pyridine rings is 1. The summed E-state index contributed by atoms with van der Waals surface area (Å²) in [7, 11) is 0. The number of rotatable bonds is 4. The molecule has 6 heteroatoms. The first kappa shape index (κ1) is 19.0. The summed E-state index contributed by atoms with van der Waals surface area (Å²) in [5.41, 5.74) is 5.39. The van der Waals surface area contributed by atoms with E-state index in [4.69, 9.17) is 4.98 Å². The number of hydrogen-bond acceptors (Lipinski definition) is 4. The summed E-state index contributed by atoms with van der Waals surface area (Å²) in [5.74, 6) is 1.41. The van der Waals surface area contributed by atoms with Crippen LogP contribution in [0.15, 0.2) is 35.5 Å². The first-order chi connectivity index (χ1) is 13.5. The zero-order valence-corrected chi connectivity index (χ0v) is 17.5. The Morgan fingerprint density at radius 2 is 2.11 bits per heavy atom. The van der Waals surface area contributed by atoms with Gasteiger partial charge in [-0.15, -0.1) is 0 Å². The van der Waals surface area contributed by atoms with E-state index in [-0.39, 0.29) is 5.91 Å². The fourth-order valence-electron chi connectivity index (χ4n) is 3.76. The van der Waals surface area contributed by atoms with Crippen molar-refractivity contribution in [3.63, 3.8) is 0 Å². The Hall–Kier alpha value is -2.34. The molecule has 0 spiro atoms. The molecule has 1 aromatic carbocycles. The number of hydrogen-bond donors (Lipinski definition) is 1. The zero-order valence-electron chi connectivity index (χ0n) is 16.7. The molecule has 4 rings (SSSR count). The molecular formula is C22H26N4OS. The van der Waals surface area contributed by atoms with Crippen molar-refractivity contribution in [3.05, 3.63) is 41.6 Å². The summed E-state index contributed by atoms with van der Waals surface area (Å²) in [6.45, 7) is 7.22. The lowest BCUT2D eigenvalue weighted by Crippen LogP contribution is -2.42. The minimum atomic E-state index is 0.199. The van der Waals surface area contributed by atoms with Crippen LogP contribution in [0.5, 0.6) is 0 Å². The van der Waals surface area contributed by atoms with Crippen LogP contribution in [0.25, 0.3) is 22.4 Å². The summed E-state index contributed by atoms with van der Waals surface area (Å²) in [4.78, 5) is 27.4. The number of carbonyl (C=O) groups is 1. The van der Waals surface area contributed by atoms with Gasteiger partial charge >= 0.3 is 0 Å². The maximum atomic E-state index is 12.7. The minimum Gasteiger partial charge on any atom is -0.339 e. The average Bonchev–Trinajstić information content (AvgIpc) is 3.09. The summed E-state index contributed by atoms with van der Waals surface area (Å²) >= 11 is 1.50. The van der Waals surface area contributed by atoms with Crippen molar-refractivity contribution in [1.29, 1.82) is 0 Å². The number of aryl methyl sites for hydroxylation is 2. The number of imidazole rings is 1. The summed E-state index contributed by atoms with van der Waals surface area (Å²) < 4.78 is 0. The normalized spacial score (nSPS) is 17.2. The number of aromatic amines is 1. The van der Waals surface area contributed by atoms with E-state index < -0.39 is 0 Å². The molecule has 1 amide bonds. The van der Waals surface area contributed by atoms with E-state index in [9.17, 15) is 4.79 Å². The smallest absolute Gasteiger partial charge is 0.233 e. The van der Waals surface area contributed by atoms with Crippen molar-refractivity contribution in [1.82, 2.24) is 19.9 Å². The molecule has 0 aliphatic carbocycles. The molecule has 1 saturated heterocycles. The molecule has 3 heterocycles. The van der Waals surface area contributed by atoms with E-state index in [0.29, 0.717) is 11.8 Å². The number of fused-ring (bicyclic) bond motifs is 1. The Kier molecular flexibility index (Phi) is 5.40. The number of nitrogens with one attached hydrogen (secondary N) is 1. The maximum Gasteiger partial charge on any atom is 0.233 e. The number of benzene rings is 1. The SMILES string of the molecule is Cc1cc2nc(-c3cccnc3SCC(=O)N3CCCCC3C)[nH]c2cc1C. The predicted octanol–water partition coefficient (Wildman–Crippen LogP) is 4.73. The molecule has 1 aliphatic rings. The van der Waals surface area contributed by atoms with Gasteiger partial charge in [-0.1, -0.05) is 11.8 Å². The van der Waals surface area contributed by atoms with E-state index in [0.717, 1.165) is 46.8 Å². The molecule has 1 atom stereocenters. The number of piperidine rings is 1. The molecule has 5 nitrogen and oxygen atoms in total. The second-order valence-corrected chi connectivity index (χ2v) is 8.58. The monoisotopic (exact) mass is 394 g/mol. The van der Waals surface area contributed by atoms with Crippen molar-refractivity contribution in [2.24, 2.45) is 0 Å². The van der Waals surface area contributed by atoms with Crippen molar-refractivity contribution in [2.75, 3.05) is 12.3 Å². The van der Waals surface area contributed by atoms with Crippen LogP contribution >= 0.6 is 11.8 Å². The highest BCUT2D eigenvalue weighted by Gasteiger charge is 2.23. The van der Waals surface area contributed by atoms with Gasteiger partial charge in [-0.25, -0.2) is 9.97 Å². The highest BCUT2D eigenvalue weighted by Crippen LogP contribution is 2.30. The lowest BCUT2D eigenvalue weighted by Gasteiger charge is -2.33. The number of amides is 1. The van der Waals surface area contributed by atoms with E-state index >= 15 is 0 Å². The summed E-state index contributed by atoms with van der Waals surface area (Å²) in [6.07, 6.45) is 5.20. The van der Waals surface area contributed by atoms with Crippen LogP contribution in [-0.2, 0) is 4.79 Å². The van der Waals surface area contributed by atoms with Gasteiger partial charge in [0.05, 0.1) is 16.8 Å². The maximum absolute atomic E-state index is 12.7. The van der Waals surface area contributed by atoms with E-state index in [1.807, 2.05) is 17.0 Å². The van der Waals surface area contributed by atoms with Crippen LogP contribution in [0.1, 0.15) is 37.3 Å². The molecule has 3 aromatic rings. The molecule has 28 heavy (non-hydrogen) atoms. The molecule has 0 radical (unpaired) electrons. The van der Waals surface area contributed by atoms with Crippen LogP contribution in [0, 0.1) is 13.8 Å². The molecular weight excluding hydrogens is 368 g/mol. The third-order valence-electron chi connectivity index (χ3n) is 5.58. The van der Waals surface area contributed by atoms with Gasteiger partial charge in [0, 0.05) is 24.3 Å². The molecule has 1 fully saturated rings. The fraction of sp³-hybridized carbons (Fsp3) is 0.409. The number of thioether (sulfide) groups is 1. The molecule has 146 valence electrons. The van der Waals surface area contributed by atoms with Gasteiger partial charge in [-0.2, -0.15) is 0 Å². The van der Waals surface area contributed by atoms with Crippen LogP contribution in [0.4, 0.5) is 0 Å². The third-order valence-corrected chi connectivity index (χ3v) is 6.57. The minimum absolute atomic E-state index is 0.199. The zero-order chi connectivity index (χ0) is 19.7. The molecule has 1 unspecified atom stereocenters. The first-order valence-electron chi connectivity index (χ1n) is 9.87. The number of likely N-dealkylation sites (tertiary alicyclic amines) is 1. The third kappa shape index (κ3) is 3.78. The van der Waals surface area contributed by atoms with E-state index in [1.54, 1.807) is 6.20 Å². The Labute approximate surface area is 170 Å². The number of aromatic nitrogens is 3. The number of H-pyrrole nitrogens is 1. The van der Waals surface area contributed by atoms with Crippen molar-refractivity contribution >= 4 is 28.7 Å². The van der Waals surface area contributed by atoms with Crippen LogP contribution in [0.3, 0.4) is 0 Å². The van der Waals surface area contributed by atoms with Gasteiger partial charge in [-0.05, 0) is 75.4 Å². The number of nitrogens with zero attached hydrogens (tertiary/aromatic N) is 3. The molecule has 1 N–H and O–H groups in total. The summed E-state index contributed by atoms with van der Waals surface area (Å²) in [6, 6.07) is 8.51. The van der Waals surface area contributed by atoms with Gasteiger partial charge in [0.1, 0.15) is 10.9 Å². The lowest BCUT2D eigenvalue weighted by atomic mass is 10.0. The van der Waals surface area contributed by atoms with Crippen LogP contribution in [-0.4, -0.2) is 44.1 Å². The van der Waals surface area contributed by atoms with Crippen molar-refractivity contribution < 1.29 is 4.79 Å². The van der Waals surface area contributed by atoms with Gasteiger partial charge in [0.15, 0.2) is 0 Å². The van der Waals surface area contributed by atoms with Gasteiger partial charge in [-0.3, -0.25) is 4.79 Å². The molecule has 2 aromatic heterocycles. The van der Waals surface area contributed by atoms with E-state index in [2.05, 4.69) is 42.9 Å².